The minimum absolute atomic E-state index is 0.0854. The zero-order valence-corrected chi connectivity index (χ0v) is 23.1. The molecule has 0 fully saturated rings. The van der Waals surface area contributed by atoms with Crippen LogP contribution in [-0.4, -0.2) is 22.5 Å². The van der Waals surface area contributed by atoms with Crippen LogP contribution in [0.25, 0.3) is 10.9 Å². The van der Waals surface area contributed by atoms with Crippen molar-refractivity contribution in [1.29, 1.82) is 0 Å². The van der Waals surface area contributed by atoms with E-state index in [-0.39, 0.29) is 11.0 Å². The predicted octanol–water partition coefficient (Wildman–Crippen LogP) is 6.24. The Morgan fingerprint density at radius 1 is 1.20 bits per heavy atom. The second-order valence-electron chi connectivity index (χ2n) is 8.07. The van der Waals surface area contributed by atoms with Crippen molar-refractivity contribution in [3.05, 3.63) is 63.7 Å². The topological polar surface area (TPSA) is 56.5 Å². The number of fused-ring (bicyclic) bond motifs is 1. The van der Waals surface area contributed by atoms with Crippen LogP contribution in [0.1, 0.15) is 39.1 Å². The zero-order valence-electron chi connectivity index (χ0n) is 17.2. The van der Waals surface area contributed by atoms with Crippen molar-refractivity contribution in [3.8, 4) is 5.75 Å². The monoisotopic (exact) mass is 693 g/mol. The molecule has 30 heavy (non-hydrogen) atoms. The number of rotatable bonds is 5. The summed E-state index contributed by atoms with van der Waals surface area (Å²) >= 11 is 7.97. The summed E-state index contributed by atoms with van der Waals surface area (Å²) in [5.74, 6) is 1.51. The van der Waals surface area contributed by atoms with Crippen molar-refractivity contribution in [2.24, 2.45) is 10.5 Å². The highest BCUT2D eigenvalue weighted by atomic mass is 127. The van der Waals surface area contributed by atoms with Gasteiger partial charge in [0.2, 0.25) is 0 Å². The van der Waals surface area contributed by atoms with E-state index < -0.39 is 0 Å². The van der Waals surface area contributed by atoms with Crippen LogP contribution < -0.4 is 10.3 Å². The average Bonchev–Trinajstić information content (AvgIpc) is 2.66. The van der Waals surface area contributed by atoms with Crippen LogP contribution in [0.5, 0.6) is 5.75 Å². The summed E-state index contributed by atoms with van der Waals surface area (Å²) in [4.78, 5) is 17.6. The third-order valence-corrected chi connectivity index (χ3v) is 6.28. The molecule has 0 N–H and O–H groups in total. The Balaban J connectivity index is 1.98. The van der Waals surface area contributed by atoms with Gasteiger partial charge in [0.1, 0.15) is 11.6 Å². The Bertz CT molecular complexity index is 1160. The lowest BCUT2D eigenvalue weighted by Crippen LogP contribution is -2.22. The first-order chi connectivity index (χ1) is 14.1. The van der Waals surface area contributed by atoms with Crippen molar-refractivity contribution >= 4 is 78.2 Å². The van der Waals surface area contributed by atoms with E-state index in [0.29, 0.717) is 29.8 Å². The molecule has 0 aliphatic carbocycles. The first-order valence-corrected chi connectivity index (χ1v) is 12.4. The summed E-state index contributed by atoms with van der Waals surface area (Å²) in [6, 6.07) is 9.52. The second kappa shape index (κ2) is 9.64. The van der Waals surface area contributed by atoms with Gasteiger partial charge in [-0.15, -0.1) is 0 Å². The molecule has 0 unspecified atom stereocenters. The van der Waals surface area contributed by atoms with Gasteiger partial charge >= 0.3 is 0 Å². The van der Waals surface area contributed by atoms with Crippen molar-refractivity contribution in [2.75, 3.05) is 6.61 Å². The molecule has 1 heterocycles. The normalized spacial score (nSPS) is 12.1. The first-order valence-electron chi connectivity index (χ1n) is 9.46. The molecule has 158 valence electrons. The second-order valence-corrected chi connectivity index (χ2v) is 11.3. The molecule has 0 bridgehead atoms. The lowest BCUT2D eigenvalue weighted by atomic mass is 9.99. The number of aromatic nitrogens is 2. The van der Waals surface area contributed by atoms with Crippen LogP contribution >= 0.6 is 61.1 Å². The Hall–Kier alpha value is -1.01. The minimum Gasteiger partial charge on any atom is -0.491 e. The highest BCUT2D eigenvalue weighted by Crippen LogP contribution is 2.30. The molecule has 2 aromatic carbocycles. The van der Waals surface area contributed by atoms with Gasteiger partial charge in [0.15, 0.2) is 0 Å². The van der Waals surface area contributed by atoms with E-state index >= 15 is 0 Å². The van der Waals surface area contributed by atoms with E-state index in [0.717, 1.165) is 22.9 Å². The number of halogens is 3. The molecule has 1 aromatic heterocycles. The number of ether oxygens (including phenoxy) is 1. The Morgan fingerprint density at radius 2 is 1.87 bits per heavy atom. The van der Waals surface area contributed by atoms with Gasteiger partial charge < -0.3 is 4.74 Å². The van der Waals surface area contributed by atoms with Crippen LogP contribution in [0.4, 0.5) is 0 Å². The third-order valence-electron chi connectivity index (χ3n) is 4.18. The number of aryl methyl sites for hydroxylation is 1. The molecule has 0 amide bonds. The molecule has 0 aliphatic rings. The van der Waals surface area contributed by atoms with E-state index in [1.807, 2.05) is 31.2 Å². The van der Waals surface area contributed by atoms with Crippen LogP contribution in [0.3, 0.4) is 0 Å². The quantitative estimate of drug-likeness (QED) is 0.235. The molecule has 8 heteroatoms. The van der Waals surface area contributed by atoms with Gasteiger partial charge in [0.25, 0.3) is 5.56 Å². The highest BCUT2D eigenvalue weighted by Gasteiger charge is 2.15. The van der Waals surface area contributed by atoms with E-state index in [1.54, 1.807) is 12.3 Å². The SMILES string of the molecule is CCc1nc2ccc(Br)cc2c(=O)n1N=Cc1cc(I)c(OCC(C)(C)C)c(I)c1. The Kier molecular flexibility index (Phi) is 7.60. The van der Waals surface area contributed by atoms with Gasteiger partial charge in [-0.2, -0.15) is 9.78 Å². The fraction of sp³-hybridized carbons (Fsp3) is 0.318. The van der Waals surface area contributed by atoms with Crippen LogP contribution in [0, 0.1) is 12.6 Å². The van der Waals surface area contributed by atoms with Crippen molar-refractivity contribution in [1.82, 2.24) is 9.66 Å². The predicted molar refractivity (Wildman–Crippen MR) is 143 cm³/mol. The van der Waals surface area contributed by atoms with Crippen molar-refractivity contribution in [2.45, 2.75) is 34.1 Å². The maximum atomic E-state index is 13.0. The number of nitrogens with zero attached hydrogens (tertiary/aromatic N) is 3. The smallest absolute Gasteiger partial charge is 0.282 e. The summed E-state index contributed by atoms with van der Waals surface area (Å²) in [5.41, 5.74) is 1.48. The van der Waals surface area contributed by atoms with E-state index in [9.17, 15) is 4.79 Å². The Labute approximate surface area is 211 Å². The fourth-order valence-corrected chi connectivity index (χ4v) is 5.24. The maximum absolute atomic E-state index is 13.0. The summed E-state index contributed by atoms with van der Waals surface area (Å²) in [6.07, 6.45) is 2.30. The zero-order chi connectivity index (χ0) is 22.1. The maximum Gasteiger partial charge on any atom is 0.282 e. The van der Waals surface area contributed by atoms with Crippen LogP contribution in [0.15, 0.2) is 44.7 Å². The van der Waals surface area contributed by atoms with Gasteiger partial charge in [-0.3, -0.25) is 4.79 Å². The third kappa shape index (κ3) is 5.61. The van der Waals surface area contributed by atoms with Gasteiger partial charge in [0.05, 0.1) is 30.9 Å². The van der Waals surface area contributed by atoms with Crippen LogP contribution in [-0.2, 0) is 6.42 Å². The molecule has 0 saturated heterocycles. The number of benzene rings is 2. The van der Waals surface area contributed by atoms with Gasteiger partial charge in [0, 0.05) is 10.9 Å². The Morgan fingerprint density at radius 3 is 2.47 bits per heavy atom. The molecule has 3 aromatic rings. The first kappa shape index (κ1) is 23.6. The largest absolute Gasteiger partial charge is 0.491 e. The molecule has 0 atom stereocenters. The summed E-state index contributed by atoms with van der Waals surface area (Å²) in [6.45, 7) is 9.04. The van der Waals surface area contributed by atoms with Crippen molar-refractivity contribution in [3.63, 3.8) is 0 Å². The standard InChI is InChI=1S/C22H22BrI2N3O2/c1-5-19-27-18-7-6-14(23)10-15(18)21(29)28(19)26-11-13-8-16(24)20(17(25)9-13)30-12-22(2,3)4/h6-11H,5,12H2,1-4H3. The van der Waals surface area contributed by atoms with Crippen molar-refractivity contribution < 1.29 is 4.74 Å². The number of hydrogen-bond donors (Lipinski definition) is 0. The van der Waals surface area contributed by atoms with E-state index in [2.05, 4.69) is 92.0 Å². The molecule has 0 aliphatic heterocycles. The molecule has 3 rings (SSSR count). The van der Waals surface area contributed by atoms with Gasteiger partial charge in [-0.1, -0.05) is 43.6 Å². The number of hydrogen-bond acceptors (Lipinski definition) is 4. The fourth-order valence-electron chi connectivity index (χ4n) is 2.75. The molecule has 0 saturated carbocycles. The van der Waals surface area contributed by atoms with Gasteiger partial charge in [-0.05, 0) is 86.5 Å². The highest BCUT2D eigenvalue weighted by molar-refractivity contribution is 14.1. The summed E-state index contributed by atoms with van der Waals surface area (Å²) in [7, 11) is 0. The lowest BCUT2D eigenvalue weighted by molar-refractivity contribution is 0.195. The molecule has 0 radical (unpaired) electrons. The van der Waals surface area contributed by atoms with Crippen LogP contribution in [0.2, 0.25) is 0 Å². The molecule has 5 nitrogen and oxygen atoms in total. The summed E-state index contributed by atoms with van der Waals surface area (Å²) < 4.78 is 10.3. The molecular weight excluding hydrogens is 672 g/mol. The van der Waals surface area contributed by atoms with E-state index in [4.69, 9.17) is 4.74 Å². The summed E-state index contributed by atoms with van der Waals surface area (Å²) in [5, 5.41) is 5.01. The van der Waals surface area contributed by atoms with Gasteiger partial charge in [-0.25, -0.2) is 4.98 Å². The lowest BCUT2D eigenvalue weighted by Gasteiger charge is -2.20. The minimum atomic E-state index is -0.177. The average molecular weight is 694 g/mol. The molecule has 0 spiro atoms. The molecular formula is C22H22BrI2N3O2. The van der Waals surface area contributed by atoms with E-state index in [1.165, 1.54) is 4.68 Å².